The second-order valence-electron chi connectivity index (χ2n) is 3.44. The molecule has 0 saturated carbocycles. The molecule has 0 amide bonds. The van der Waals surface area contributed by atoms with E-state index in [4.69, 9.17) is 9.52 Å². The summed E-state index contributed by atoms with van der Waals surface area (Å²) in [6.07, 6.45) is 0. The van der Waals surface area contributed by atoms with Crippen molar-refractivity contribution in [2.75, 3.05) is 5.32 Å². The third kappa shape index (κ3) is 3.23. The quantitative estimate of drug-likeness (QED) is 0.837. The third-order valence-electron chi connectivity index (χ3n) is 2.23. The van der Waals surface area contributed by atoms with Gasteiger partial charge in [-0.2, -0.15) is 0 Å². The van der Waals surface area contributed by atoms with E-state index in [1.165, 1.54) is 0 Å². The van der Waals surface area contributed by atoms with Gasteiger partial charge in [0.05, 0.1) is 12.1 Å². The second-order valence-corrected chi connectivity index (χ2v) is 4.51. The summed E-state index contributed by atoms with van der Waals surface area (Å²) in [6.45, 7) is 0.579. The van der Waals surface area contributed by atoms with Gasteiger partial charge in [-0.15, -0.1) is 0 Å². The van der Waals surface area contributed by atoms with Crippen LogP contribution in [0.25, 0.3) is 0 Å². The van der Waals surface area contributed by atoms with Crippen molar-refractivity contribution in [3.63, 3.8) is 0 Å². The highest BCUT2D eigenvalue weighted by Gasteiger charge is 2.02. The van der Waals surface area contributed by atoms with E-state index in [9.17, 15) is 4.79 Å². The normalized spacial score (nSPS) is 10.2. The number of halogens is 1. The molecular weight excluding hydrogens is 333 g/mol. The fraction of sp³-hybridized carbons (Fsp3) is 0.0833. The number of carboxylic acids is 1. The number of rotatable bonds is 4. The van der Waals surface area contributed by atoms with Gasteiger partial charge in [-0.25, -0.2) is 4.79 Å². The van der Waals surface area contributed by atoms with E-state index >= 15 is 0 Å². The van der Waals surface area contributed by atoms with Crippen LogP contribution in [-0.4, -0.2) is 11.1 Å². The molecule has 1 heterocycles. The Morgan fingerprint density at radius 3 is 2.47 bits per heavy atom. The van der Waals surface area contributed by atoms with Gasteiger partial charge < -0.3 is 14.8 Å². The number of furan rings is 1. The predicted octanol–water partition coefficient (Wildman–Crippen LogP) is 3.19. The molecular formula is C12H10INO3. The lowest BCUT2D eigenvalue weighted by atomic mass is 10.2. The van der Waals surface area contributed by atoms with Crippen molar-refractivity contribution in [1.82, 2.24) is 0 Å². The maximum Gasteiger partial charge on any atom is 0.335 e. The molecule has 0 fully saturated rings. The zero-order valence-electron chi connectivity index (χ0n) is 8.81. The summed E-state index contributed by atoms with van der Waals surface area (Å²) >= 11 is 2.11. The molecule has 0 aliphatic heterocycles. The minimum Gasteiger partial charge on any atom is -0.478 e. The first-order chi connectivity index (χ1) is 8.15. The summed E-state index contributed by atoms with van der Waals surface area (Å²) in [7, 11) is 0. The zero-order valence-corrected chi connectivity index (χ0v) is 11.0. The van der Waals surface area contributed by atoms with Crippen molar-refractivity contribution in [2.24, 2.45) is 0 Å². The number of carbonyl (C=O) groups is 1. The van der Waals surface area contributed by atoms with Gasteiger partial charge in [0, 0.05) is 5.69 Å². The Morgan fingerprint density at radius 2 is 1.94 bits per heavy atom. The highest BCUT2D eigenvalue weighted by atomic mass is 127. The minimum absolute atomic E-state index is 0.281. The van der Waals surface area contributed by atoms with Gasteiger partial charge in [0.2, 0.25) is 0 Å². The standard InChI is InChI=1S/C12H10INO3/c13-11-6-5-10(17-11)7-14-9-3-1-8(2-4-9)12(15)16/h1-6,14H,7H2,(H,15,16). The molecule has 2 N–H and O–H groups in total. The molecule has 0 spiro atoms. The number of nitrogens with one attached hydrogen (secondary N) is 1. The lowest BCUT2D eigenvalue weighted by Crippen LogP contribution is -2.00. The van der Waals surface area contributed by atoms with Crippen molar-refractivity contribution >= 4 is 34.2 Å². The summed E-state index contributed by atoms with van der Waals surface area (Å²) in [5.41, 5.74) is 1.14. The summed E-state index contributed by atoms with van der Waals surface area (Å²) in [6, 6.07) is 10.4. The first-order valence-corrected chi connectivity index (χ1v) is 6.04. The van der Waals surface area contributed by atoms with Crippen molar-refractivity contribution in [3.8, 4) is 0 Å². The molecule has 88 valence electrons. The van der Waals surface area contributed by atoms with E-state index in [-0.39, 0.29) is 5.56 Å². The van der Waals surface area contributed by atoms with Crippen LogP contribution in [0.4, 0.5) is 5.69 Å². The molecule has 5 heteroatoms. The van der Waals surface area contributed by atoms with Crippen LogP contribution in [0, 0.1) is 3.77 Å². The molecule has 4 nitrogen and oxygen atoms in total. The summed E-state index contributed by atoms with van der Waals surface area (Å²) in [5, 5.41) is 11.9. The summed E-state index contributed by atoms with van der Waals surface area (Å²) in [5.74, 6) is -0.0751. The van der Waals surface area contributed by atoms with Gasteiger partial charge in [0.1, 0.15) is 5.76 Å². The summed E-state index contributed by atoms with van der Waals surface area (Å²) < 4.78 is 6.25. The Bertz CT molecular complexity index is 519. The Morgan fingerprint density at radius 1 is 1.24 bits per heavy atom. The van der Waals surface area contributed by atoms with Crippen LogP contribution < -0.4 is 5.32 Å². The van der Waals surface area contributed by atoms with Crippen molar-refractivity contribution < 1.29 is 14.3 Å². The van der Waals surface area contributed by atoms with E-state index in [0.29, 0.717) is 6.54 Å². The van der Waals surface area contributed by atoms with Crippen LogP contribution in [0.15, 0.2) is 40.8 Å². The fourth-order valence-corrected chi connectivity index (χ4v) is 1.83. The number of benzene rings is 1. The lowest BCUT2D eigenvalue weighted by Gasteiger charge is -2.04. The minimum atomic E-state index is -0.919. The van der Waals surface area contributed by atoms with Crippen LogP contribution in [0.2, 0.25) is 0 Å². The third-order valence-corrected chi connectivity index (χ3v) is 2.81. The average molecular weight is 343 g/mol. The number of aromatic carboxylic acids is 1. The van der Waals surface area contributed by atoms with Crippen molar-refractivity contribution in [2.45, 2.75) is 6.54 Å². The Kier molecular flexibility index (Phi) is 3.68. The smallest absolute Gasteiger partial charge is 0.335 e. The maximum absolute atomic E-state index is 10.7. The fourth-order valence-electron chi connectivity index (χ4n) is 1.37. The van der Waals surface area contributed by atoms with Gasteiger partial charge in [0.15, 0.2) is 3.77 Å². The van der Waals surface area contributed by atoms with Gasteiger partial charge in [-0.3, -0.25) is 0 Å². The lowest BCUT2D eigenvalue weighted by molar-refractivity contribution is 0.0697. The monoisotopic (exact) mass is 343 g/mol. The molecule has 0 aliphatic carbocycles. The Hall–Kier alpha value is -1.50. The average Bonchev–Trinajstić information content (AvgIpc) is 2.73. The highest BCUT2D eigenvalue weighted by Crippen LogP contribution is 2.14. The maximum atomic E-state index is 10.7. The number of hydrogen-bond acceptors (Lipinski definition) is 3. The second kappa shape index (κ2) is 5.22. The molecule has 17 heavy (non-hydrogen) atoms. The highest BCUT2D eigenvalue weighted by molar-refractivity contribution is 14.1. The molecule has 2 rings (SSSR count). The SMILES string of the molecule is O=C(O)c1ccc(NCc2ccc(I)o2)cc1. The van der Waals surface area contributed by atoms with E-state index in [0.717, 1.165) is 15.2 Å². The van der Waals surface area contributed by atoms with Crippen molar-refractivity contribution in [3.05, 3.63) is 51.5 Å². The topological polar surface area (TPSA) is 62.5 Å². The van der Waals surface area contributed by atoms with Crippen LogP contribution in [-0.2, 0) is 6.54 Å². The van der Waals surface area contributed by atoms with E-state index < -0.39 is 5.97 Å². The molecule has 0 unspecified atom stereocenters. The van der Waals surface area contributed by atoms with Crippen LogP contribution >= 0.6 is 22.6 Å². The van der Waals surface area contributed by atoms with Gasteiger partial charge in [-0.1, -0.05) is 0 Å². The number of anilines is 1. The van der Waals surface area contributed by atoms with E-state index in [1.54, 1.807) is 24.3 Å². The largest absolute Gasteiger partial charge is 0.478 e. The number of carboxylic acid groups (broad SMARTS) is 1. The van der Waals surface area contributed by atoms with Crippen LogP contribution in [0.3, 0.4) is 0 Å². The molecule has 0 radical (unpaired) electrons. The van der Waals surface area contributed by atoms with E-state index in [1.807, 2.05) is 12.1 Å². The molecule has 0 saturated heterocycles. The van der Waals surface area contributed by atoms with Crippen LogP contribution in [0.5, 0.6) is 0 Å². The van der Waals surface area contributed by atoms with Gasteiger partial charge in [0.25, 0.3) is 0 Å². The number of hydrogen-bond donors (Lipinski definition) is 2. The van der Waals surface area contributed by atoms with Crippen LogP contribution in [0.1, 0.15) is 16.1 Å². The Balaban J connectivity index is 1.97. The molecule has 0 aliphatic rings. The van der Waals surface area contributed by atoms with Crippen molar-refractivity contribution in [1.29, 1.82) is 0 Å². The zero-order chi connectivity index (χ0) is 12.3. The first-order valence-electron chi connectivity index (χ1n) is 4.96. The van der Waals surface area contributed by atoms with E-state index in [2.05, 4.69) is 27.9 Å². The summed E-state index contributed by atoms with van der Waals surface area (Å²) in [4.78, 5) is 10.7. The predicted molar refractivity (Wildman–Crippen MR) is 72.2 cm³/mol. The molecule has 1 aromatic carbocycles. The molecule has 2 aromatic rings. The molecule has 0 atom stereocenters. The molecule has 0 bridgehead atoms. The van der Waals surface area contributed by atoms with Gasteiger partial charge >= 0.3 is 5.97 Å². The van der Waals surface area contributed by atoms with Gasteiger partial charge in [-0.05, 0) is 59.0 Å². The molecule has 1 aromatic heterocycles. The Labute approximate surface area is 112 Å². The first kappa shape index (κ1) is 12.0.